The van der Waals surface area contributed by atoms with Gasteiger partial charge in [0.1, 0.15) is 0 Å². The van der Waals surface area contributed by atoms with E-state index in [-0.39, 0.29) is 29.7 Å². The molecule has 0 saturated carbocycles. The number of fused-ring (bicyclic) bond motifs is 1. The van der Waals surface area contributed by atoms with Crippen molar-refractivity contribution < 1.29 is 27.6 Å². The molecule has 5 rings (SSSR count). The average molecular weight is 539 g/mol. The zero-order chi connectivity index (χ0) is 27.0. The first-order valence-corrected chi connectivity index (χ1v) is 12.4. The fourth-order valence-corrected chi connectivity index (χ4v) is 5.46. The average Bonchev–Trinajstić information content (AvgIpc) is 3.59. The third kappa shape index (κ3) is 4.84. The molecule has 0 bridgehead atoms. The van der Waals surface area contributed by atoms with Crippen molar-refractivity contribution in [1.29, 1.82) is 0 Å². The molecule has 0 unspecified atom stereocenters. The number of hydrogen-bond acceptors (Lipinski definition) is 5. The van der Waals surface area contributed by atoms with Crippen LogP contribution in [-0.4, -0.2) is 45.0 Å². The first-order valence-electron chi connectivity index (χ1n) is 11.6. The number of thiophene rings is 1. The van der Waals surface area contributed by atoms with Gasteiger partial charge >= 0.3 is 6.18 Å². The number of benzene rings is 2. The van der Waals surface area contributed by atoms with E-state index in [1.807, 2.05) is 0 Å². The van der Waals surface area contributed by atoms with E-state index in [9.17, 15) is 27.6 Å². The van der Waals surface area contributed by atoms with Crippen LogP contribution in [0.2, 0.25) is 0 Å². The van der Waals surface area contributed by atoms with Crippen molar-refractivity contribution in [3.8, 4) is 10.6 Å². The molecule has 0 fully saturated rings. The second-order valence-corrected chi connectivity index (χ2v) is 9.88. The van der Waals surface area contributed by atoms with Gasteiger partial charge in [-0.2, -0.15) is 18.3 Å². The normalized spacial score (nSPS) is 14.1. The van der Waals surface area contributed by atoms with Crippen LogP contribution in [-0.2, 0) is 19.6 Å². The van der Waals surface area contributed by atoms with Gasteiger partial charge in [-0.05, 0) is 48.4 Å². The molecule has 1 aliphatic heterocycles. The number of halogens is 3. The molecule has 0 aliphatic carbocycles. The smallest absolute Gasteiger partial charge is 0.346 e. The monoisotopic (exact) mass is 538 g/mol. The van der Waals surface area contributed by atoms with Crippen molar-refractivity contribution in [2.45, 2.75) is 18.6 Å². The third-order valence-corrected chi connectivity index (χ3v) is 7.42. The number of carbonyl (C=O) groups is 3. The van der Waals surface area contributed by atoms with Crippen LogP contribution in [0.3, 0.4) is 0 Å². The van der Waals surface area contributed by atoms with Gasteiger partial charge in [0, 0.05) is 19.8 Å². The molecule has 1 N–H and O–H groups in total. The Hall–Kier alpha value is -4.25. The van der Waals surface area contributed by atoms with Gasteiger partial charge in [0.15, 0.2) is 0 Å². The van der Waals surface area contributed by atoms with E-state index in [2.05, 4.69) is 10.4 Å². The highest BCUT2D eigenvalue weighted by Crippen LogP contribution is 2.33. The number of hydrogen-bond donors (Lipinski definition) is 1. The molecule has 3 amide bonds. The summed E-state index contributed by atoms with van der Waals surface area (Å²) in [7, 11) is 1.77. The van der Waals surface area contributed by atoms with Crippen molar-refractivity contribution in [3.05, 3.63) is 100 Å². The lowest BCUT2D eigenvalue weighted by Gasteiger charge is -2.25. The van der Waals surface area contributed by atoms with E-state index in [0.29, 0.717) is 4.88 Å². The Morgan fingerprint density at radius 1 is 0.974 bits per heavy atom. The van der Waals surface area contributed by atoms with Crippen molar-refractivity contribution >= 4 is 29.1 Å². The number of aromatic nitrogens is 2. The van der Waals surface area contributed by atoms with E-state index in [0.717, 1.165) is 21.5 Å². The number of imide groups is 1. The minimum absolute atomic E-state index is 0.0522. The molecule has 194 valence electrons. The molecule has 11 heteroatoms. The molecule has 7 nitrogen and oxygen atoms in total. The van der Waals surface area contributed by atoms with Crippen LogP contribution in [0.4, 0.5) is 13.2 Å². The van der Waals surface area contributed by atoms with Gasteiger partial charge in [-0.25, -0.2) is 0 Å². The lowest BCUT2D eigenvalue weighted by atomic mass is 9.99. The van der Waals surface area contributed by atoms with E-state index < -0.39 is 35.5 Å². The summed E-state index contributed by atoms with van der Waals surface area (Å²) < 4.78 is 42.7. The predicted molar refractivity (Wildman–Crippen MR) is 135 cm³/mol. The standard InChI is InChI=1S/C27H21F3N4O3S/c1-33-21(12-13-31-33)22-10-11-23(38-22)24(35)32-17(14-16-6-2-5-9-20(16)27(28,29)30)15-34-25(36)18-7-3-4-8-19(18)26(34)37/h2-13,17H,14-15H2,1H3,(H,32,35)/t17-/m0/s1. The van der Waals surface area contributed by atoms with Crippen LogP contribution in [0.5, 0.6) is 0 Å². The highest BCUT2D eigenvalue weighted by atomic mass is 32.1. The number of aryl methyl sites for hydroxylation is 1. The quantitative estimate of drug-likeness (QED) is 0.343. The Morgan fingerprint density at radius 2 is 1.63 bits per heavy atom. The number of amides is 3. The molecule has 0 radical (unpaired) electrons. The molecule has 38 heavy (non-hydrogen) atoms. The maximum Gasteiger partial charge on any atom is 0.416 e. The Morgan fingerprint density at radius 3 is 2.26 bits per heavy atom. The van der Waals surface area contributed by atoms with Gasteiger partial charge in [0.05, 0.1) is 38.2 Å². The summed E-state index contributed by atoms with van der Waals surface area (Å²) in [6.45, 7) is -0.287. The second kappa shape index (κ2) is 9.90. The maximum atomic E-state index is 13.7. The molecular weight excluding hydrogens is 517 g/mol. The molecule has 0 saturated heterocycles. The van der Waals surface area contributed by atoms with E-state index in [4.69, 9.17) is 0 Å². The van der Waals surface area contributed by atoms with Crippen LogP contribution in [0.25, 0.3) is 10.6 Å². The van der Waals surface area contributed by atoms with Crippen LogP contribution in [0, 0.1) is 0 Å². The zero-order valence-corrected chi connectivity index (χ0v) is 20.8. The van der Waals surface area contributed by atoms with E-state index >= 15 is 0 Å². The van der Waals surface area contributed by atoms with Crippen molar-refractivity contribution in [1.82, 2.24) is 20.0 Å². The SMILES string of the molecule is Cn1nccc1-c1ccc(C(=O)N[C@@H](Cc2ccccc2C(F)(F)F)CN2C(=O)c3ccccc3C2=O)s1. The molecule has 1 aliphatic rings. The van der Waals surface area contributed by atoms with E-state index in [1.54, 1.807) is 48.3 Å². The minimum Gasteiger partial charge on any atom is -0.346 e. The van der Waals surface area contributed by atoms with Crippen molar-refractivity contribution in [2.24, 2.45) is 7.05 Å². The van der Waals surface area contributed by atoms with Crippen LogP contribution < -0.4 is 5.32 Å². The summed E-state index contributed by atoms with van der Waals surface area (Å²) in [4.78, 5) is 41.2. The second-order valence-electron chi connectivity index (χ2n) is 8.80. The summed E-state index contributed by atoms with van der Waals surface area (Å²) in [5, 5.41) is 6.88. The van der Waals surface area contributed by atoms with Crippen LogP contribution >= 0.6 is 11.3 Å². The summed E-state index contributed by atoms with van der Waals surface area (Å²) >= 11 is 1.20. The van der Waals surface area contributed by atoms with Gasteiger partial charge in [-0.1, -0.05) is 30.3 Å². The van der Waals surface area contributed by atoms with Crippen LogP contribution in [0.1, 0.15) is 41.5 Å². The molecule has 2 aromatic carbocycles. The molecule has 1 atom stereocenters. The summed E-state index contributed by atoms with van der Waals surface area (Å²) in [5.74, 6) is -1.62. The number of nitrogens with zero attached hydrogens (tertiary/aromatic N) is 3. The molecular formula is C27H21F3N4O3S. The largest absolute Gasteiger partial charge is 0.416 e. The lowest BCUT2D eigenvalue weighted by molar-refractivity contribution is -0.138. The number of rotatable bonds is 7. The number of carbonyl (C=O) groups excluding carboxylic acids is 3. The minimum atomic E-state index is -4.60. The molecule has 0 spiro atoms. The first-order chi connectivity index (χ1) is 18.1. The molecule has 2 aromatic heterocycles. The zero-order valence-electron chi connectivity index (χ0n) is 20.0. The summed E-state index contributed by atoms with van der Waals surface area (Å²) in [6.07, 6.45) is -3.22. The third-order valence-electron chi connectivity index (χ3n) is 6.31. The topological polar surface area (TPSA) is 84.3 Å². The lowest BCUT2D eigenvalue weighted by Crippen LogP contribution is -2.47. The predicted octanol–water partition coefficient (Wildman–Crippen LogP) is 4.80. The Bertz CT molecular complexity index is 1510. The summed E-state index contributed by atoms with van der Waals surface area (Å²) in [6, 6.07) is 15.6. The van der Waals surface area contributed by atoms with Gasteiger partial charge in [-0.15, -0.1) is 11.3 Å². The van der Waals surface area contributed by atoms with Gasteiger partial charge in [-0.3, -0.25) is 24.0 Å². The number of alkyl halides is 3. The fraction of sp³-hybridized carbons (Fsp3) is 0.185. The van der Waals surface area contributed by atoms with Crippen molar-refractivity contribution in [3.63, 3.8) is 0 Å². The Kier molecular flexibility index (Phi) is 6.62. The maximum absolute atomic E-state index is 13.7. The van der Waals surface area contributed by atoms with Gasteiger partial charge < -0.3 is 5.32 Å². The Labute approximate surface area is 219 Å². The van der Waals surface area contributed by atoms with E-state index in [1.165, 1.54) is 41.7 Å². The summed E-state index contributed by atoms with van der Waals surface area (Å²) in [5.41, 5.74) is 0.352. The van der Waals surface area contributed by atoms with Gasteiger partial charge in [0.25, 0.3) is 17.7 Å². The Balaban J connectivity index is 1.43. The van der Waals surface area contributed by atoms with Crippen molar-refractivity contribution in [2.75, 3.05) is 6.54 Å². The molecule has 3 heterocycles. The highest BCUT2D eigenvalue weighted by molar-refractivity contribution is 7.17. The highest BCUT2D eigenvalue weighted by Gasteiger charge is 2.38. The molecule has 4 aromatic rings. The first kappa shape index (κ1) is 25.4. The number of nitrogens with one attached hydrogen (secondary N) is 1. The fourth-order valence-electron chi connectivity index (χ4n) is 4.50. The van der Waals surface area contributed by atoms with Crippen LogP contribution in [0.15, 0.2) is 72.9 Å². The van der Waals surface area contributed by atoms with Gasteiger partial charge in [0.2, 0.25) is 0 Å².